The second-order valence-electron chi connectivity index (χ2n) is 5.21. The van der Waals surface area contributed by atoms with Crippen molar-refractivity contribution < 1.29 is 9.32 Å². The number of nitrogens with zero attached hydrogens (tertiary/aromatic N) is 1. The highest BCUT2D eigenvalue weighted by Crippen LogP contribution is 2.25. The summed E-state index contributed by atoms with van der Waals surface area (Å²) in [4.78, 5) is 12.4. The number of hydrogen-bond donors (Lipinski definition) is 1. The molecule has 0 aliphatic heterocycles. The highest BCUT2D eigenvalue weighted by molar-refractivity contribution is 7.08. The van der Waals surface area contributed by atoms with Crippen LogP contribution in [-0.4, -0.2) is 11.1 Å². The third-order valence-corrected chi connectivity index (χ3v) is 4.36. The molecule has 0 radical (unpaired) electrons. The SMILES string of the molecule is Cc1cc(CC(=O)N[C@H](c2ccc(Cl)cc2)c2ccsc2)no1. The van der Waals surface area contributed by atoms with Crippen LogP contribution in [0, 0.1) is 6.92 Å². The van der Waals surface area contributed by atoms with Crippen LogP contribution < -0.4 is 5.32 Å². The number of carbonyl (C=O) groups excluding carboxylic acids is 1. The fourth-order valence-corrected chi connectivity index (χ4v) is 3.14. The molecule has 2 aromatic heterocycles. The van der Waals surface area contributed by atoms with E-state index < -0.39 is 0 Å². The van der Waals surface area contributed by atoms with Crippen molar-refractivity contribution in [3.63, 3.8) is 0 Å². The fraction of sp³-hybridized carbons (Fsp3) is 0.176. The van der Waals surface area contributed by atoms with E-state index in [0.717, 1.165) is 11.1 Å². The minimum absolute atomic E-state index is 0.107. The van der Waals surface area contributed by atoms with Gasteiger partial charge in [0.25, 0.3) is 0 Å². The maximum atomic E-state index is 12.4. The molecule has 0 aliphatic rings. The minimum Gasteiger partial charge on any atom is -0.361 e. The quantitative estimate of drug-likeness (QED) is 0.755. The van der Waals surface area contributed by atoms with Crippen LogP contribution in [0.3, 0.4) is 0 Å². The maximum Gasteiger partial charge on any atom is 0.226 e. The molecule has 2 heterocycles. The van der Waals surface area contributed by atoms with E-state index >= 15 is 0 Å². The van der Waals surface area contributed by atoms with Crippen LogP contribution in [0.4, 0.5) is 0 Å². The van der Waals surface area contributed by atoms with Gasteiger partial charge in [0, 0.05) is 11.1 Å². The fourth-order valence-electron chi connectivity index (χ4n) is 2.33. The molecule has 1 aromatic carbocycles. The summed E-state index contributed by atoms with van der Waals surface area (Å²) >= 11 is 7.55. The summed E-state index contributed by atoms with van der Waals surface area (Å²) < 4.78 is 5.00. The van der Waals surface area contributed by atoms with Gasteiger partial charge in [-0.15, -0.1) is 0 Å². The smallest absolute Gasteiger partial charge is 0.226 e. The van der Waals surface area contributed by atoms with Gasteiger partial charge >= 0.3 is 0 Å². The van der Waals surface area contributed by atoms with Gasteiger partial charge in [-0.05, 0) is 47.0 Å². The molecule has 1 amide bonds. The molecule has 6 heteroatoms. The Morgan fingerprint density at radius 2 is 2.09 bits per heavy atom. The molecular weight excluding hydrogens is 332 g/mol. The Morgan fingerprint density at radius 3 is 2.70 bits per heavy atom. The van der Waals surface area contributed by atoms with E-state index in [0.29, 0.717) is 16.5 Å². The average molecular weight is 347 g/mol. The van der Waals surface area contributed by atoms with Crippen LogP contribution in [0.25, 0.3) is 0 Å². The summed E-state index contributed by atoms with van der Waals surface area (Å²) in [6.07, 6.45) is 0.186. The third-order valence-electron chi connectivity index (χ3n) is 3.40. The minimum atomic E-state index is -0.209. The number of rotatable bonds is 5. The van der Waals surface area contributed by atoms with Crippen molar-refractivity contribution in [2.45, 2.75) is 19.4 Å². The van der Waals surface area contributed by atoms with Gasteiger partial charge in [0.05, 0.1) is 18.2 Å². The predicted molar refractivity (Wildman–Crippen MR) is 90.7 cm³/mol. The molecule has 118 valence electrons. The maximum absolute atomic E-state index is 12.4. The van der Waals surface area contributed by atoms with Gasteiger partial charge in [0.15, 0.2) is 0 Å². The molecule has 1 atom stereocenters. The summed E-state index contributed by atoms with van der Waals surface area (Å²) in [7, 11) is 0. The number of thiophene rings is 1. The summed E-state index contributed by atoms with van der Waals surface area (Å²) in [6, 6.07) is 11.0. The molecule has 0 saturated carbocycles. The van der Waals surface area contributed by atoms with Gasteiger partial charge in [-0.3, -0.25) is 4.79 Å². The number of hydrogen-bond acceptors (Lipinski definition) is 4. The first-order chi connectivity index (χ1) is 11.1. The normalized spacial score (nSPS) is 12.1. The van der Waals surface area contributed by atoms with E-state index in [2.05, 4.69) is 10.5 Å². The van der Waals surface area contributed by atoms with Crippen LogP contribution in [0.5, 0.6) is 0 Å². The van der Waals surface area contributed by atoms with Crippen molar-refractivity contribution in [2.75, 3.05) is 0 Å². The molecule has 0 fully saturated rings. The van der Waals surface area contributed by atoms with Gasteiger partial charge in [-0.1, -0.05) is 28.9 Å². The van der Waals surface area contributed by atoms with Gasteiger partial charge in [-0.2, -0.15) is 11.3 Å². The largest absolute Gasteiger partial charge is 0.361 e. The Balaban J connectivity index is 1.78. The molecule has 3 rings (SSSR count). The van der Waals surface area contributed by atoms with Crippen molar-refractivity contribution in [3.8, 4) is 0 Å². The molecular formula is C17H15ClN2O2S. The number of aromatic nitrogens is 1. The zero-order valence-electron chi connectivity index (χ0n) is 12.5. The molecule has 0 bridgehead atoms. The van der Waals surface area contributed by atoms with Gasteiger partial charge in [-0.25, -0.2) is 0 Å². The topological polar surface area (TPSA) is 55.1 Å². The number of benzene rings is 1. The molecule has 0 spiro atoms. The van der Waals surface area contributed by atoms with Crippen molar-refractivity contribution in [1.29, 1.82) is 0 Å². The standard InChI is InChI=1S/C17H15ClN2O2S/c1-11-8-15(20-22-11)9-16(21)19-17(13-6-7-23-10-13)12-2-4-14(18)5-3-12/h2-8,10,17H,9H2,1H3,(H,19,21)/t17-/m1/s1. The Labute approximate surface area is 143 Å². The number of aryl methyl sites for hydroxylation is 1. The predicted octanol–water partition coefficient (Wildman–Crippen LogP) is 4.15. The lowest BCUT2D eigenvalue weighted by Gasteiger charge is -2.18. The second kappa shape index (κ2) is 6.98. The first-order valence-electron chi connectivity index (χ1n) is 7.11. The van der Waals surface area contributed by atoms with Crippen LogP contribution in [-0.2, 0) is 11.2 Å². The van der Waals surface area contributed by atoms with E-state index in [-0.39, 0.29) is 18.4 Å². The Morgan fingerprint density at radius 1 is 1.30 bits per heavy atom. The van der Waals surface area contributed by atoms with Gasteiger partial charge in [0.2, 0.25) is 5.91 Å². The number of amides is 1. The van der Waals surface area contributed by atoms with Crippen molar-refractivity contribution >= 4 is 28.8 Å². The lowest BCUT2D eigenvalue weighted by Crippen LogP contribution is -2.30. The molecule has 1 N–H and O–H groups in total. The van der Waals surface area contributed by atoms with E-state index in [4.69, 9.17) is 16.1 Å². The van der Waals surface area contributed by atoms with Crippen LogP contribution in [0.2, 0.25) is 5.02 Å². The highest BCUT2D eigenvalue weighted by Gasteiger charge is 2.18. The molecule has 3 aromatic rings. The van der Waals surface area contributed by atoms with Gasteiger partial charge < -0.3 is 9.84 Å². The Bertz CT molecular complexity index is 781. The zero-order chi connectivity index (χ0) is 16.2. The Hall–Kier alpha value is -2.11. The monoisotopic (exact) mass is 346 g/mol. The number of nitrogens with one attached hydrogen (secondary N) is 1. The summed E-state index contributed by atoms with van der Waals surface area (Å²) in [6.45, 7) is 1.80. The van der Waals surface area contributed by atoms with Gasteiger partial charge in [0.1, 0.15) is 5.76 Å². The summed E-state index contributed by atoms with van der Waals surface area (Å²) in [5, 5.41) is 11.6. The first kappa shape index (κ1) is 15.8. The van der Waals surface area contributed by atoms with E-state index in [1.54, 1.807) is 24.3 Å². The van der Waals surface area contributed by atoms with Crippen LogP contribution in [0.1, 0.15) is 28.6 Å². The number of carbonyl (C=O) groups is 1. The number of halogens is 1. The first-order valence-corrected chi connectivity index (χ1v) is 8.43. The average Bonchev–Trinajstić information content (AvgIpc) is 3.18. The van der Waals surface area contributed by atoms with Crippen LogP contribution in [0.15, 0.2) is 51.7 Å². The lowest BCUT2D eigenvalue weighted by molar-refractivity contribution is -0.121. The zero-order valence-corrected chi connectivity index (χ0v) is 14.0. The second-order valence-corrected chi connectivity index (χ2v) is 6.43. The van der Waals surface area contributed by atoms with E-state index in [1.165, 1.54) is 0 Å². The lowest BCUT2D eigenvalue weighted by atomic mass is 10.0. The molecule has 0 aliphatic carbocycles. The van der Waals surface area contributed by atoms with E-state index in [1.807, 2.05) is 41.1 Å². The molecule has 23 heavy (non-hydrogen) atoms. The Kier molecular flexibility index (Phi) is 4.79. The summed E-state index contributed by atoms with van der Waals surface area (Å²) in [5.41, 5.74) is 2.65. The summed E-state index contributed by atoms with van der Waals surface area (Å²) in [5.74, 6) is 0.587. The van der Waals surface area contributed by atoms with Crippen LogP contribution >= 0.6 is 22.9 Å². The van der Waals surface area contributed by atoms with Crippen molar-refractivity contribution in [3.05, 3.63) is 74.8 Å². The molecule has 0 saturated heterocycles. The highest BCUT2D eigenvalue weighted by atomic mass is 35.5. The molecule has 0 unspecified atom stereocenters. The molecule has 4 nitrogen and oxygen atoms in total. The van der Waals surface area contributed by atoms with Crippen molar-refractivity contribution in [1.82, 2.24) is 10.5 Å². The van der Waals surface area contributed by atoms with Crippen molar-refractivity contribution in [2.24, 2.45) is 0 Å². The van der Waals surface area contributed by atoms with E-state index in [9.17, 15) is 4.79 Å². The third kappa shape index (κ3) is 4.00.